The zero-order valence-electron chi connectivity index (χ0n) is 18.2. The molecule has 2 heterocycles. The molecule has 2 aliphatic rings. The fraction of sp³-hybridized carbons (Fsp3) is 0.391. The normalized spacial score (nSPS) is 18.6. The Hall–Kier alpha value is -2.52. The van der Waals surface area contributed by atoms with Gasteiger partial charge in [0.2, 0.25) is 11.8 Å². The zero-order chi connectivity index (χ0) is 22.9. The molecule has 0 aromatic heterocycles. The Morgan fingerprint density at radius 3 is 2.50 bits per heavy atom. The maximum absolute atomic E-state index is 13.0. The van der Waals surface area contributed by atoms with Crippen LogP contribution in [0.15, 0.2) is 46.2 Å². The molecule has 9 heteroatoms. The highest BCUT2D eigenvalue weighted by molar-refractivity contribution is 7.99. The number of aryl methyl sites for hydroxylation is 2. The molecule has 0 spiro atoms. The number of anilines is 2. The number of amides is 2. The Labute approximate surface area is 193 Å². The van der Waals surface area contributed by atoms with Crippen molar-refractivity contribution in [3.05, 3.63) is 47.5 Å². The Morgan fingerprint density at radius 1 is 1.12 bits per heavy atom. The molecule has 32 heavy (non-hydrogen) atoms. The van der Waals surface area contributed by atoms with Gasteiger partial charge in [-0.1, -0.05) is 6.07 Å². The van der Waals surface area contributed by atoms with Gasteiger partial charge < -0.3 is 10.2 Å². The summed E-state index contributed by atoms with van der Waals surface area (Å²) in [6.45, 7) is 5.33. The smallest absolute Gasteiger partial charge is 0.261 e. The van der Waals surface area contributed by atoms with Crippen molar-refractivity contribution in [1.29, 1.82) is 0 Å². The van der Waals surface area contributed by atoms with Crippen molar-refractivity contribution in [3.63, 3.8) is 0 Å². The van der Waals surface area contributed by atoms with Crippen LogP contribution in [0.3, 0.4) is 0 Å². The number of fused-ring (bicyclic) bond motifs is 1. The molecule has 1 saturated heterocycles. The third-order valence-electron chi connectivity index (χ3n) is 5.68. The molecular formula is C23H27N3O4S2. The van der Waals surface area contributed by atoms with Crippen LogP contribution >= 0.6 is 11.8 Å². The molecule has 0 saturated carbocycles. The van der Waals surface area contributed by atoms with Crippen molar-refractivity contribution in [3.8, 4) is 0 Å². The highest BCUT2D eigenvalue weighted by Gasteiger charge is 2.30. The number of rotatable bonds is 5. The number of carbonyl (C=O) groups excluding carboxylic acids is 2. The van der Waals surface area contributed by atoms with Gasteiger partial charge in [0.25, 0.3) is 10.0 Å². The molecule has 0 bridgehead atoms. The first-order valence-corrected chi connectivity index (χ1v) is 13.1. The largest absolute Gasteiger partial charge is 0.343 e. The van der Waals surface area contributed by atoms with Crippen LogP contribution in [-0.2, 0) is 19.6 Å². The van der Waals surface area contributed by atoms with Crippen molar-refractivity contribution < 1.29 is 18.0 Å². The molecule has 2 aromatic rings. The first-order chi connectivity index (χ1) is 15.2. The monoisotopic (exact) mass is 473 g/mol. The summed E-state index contributed by atoms with van der Waals surface area (Å²) in [6.07, 6.45) is 2.19. The lowest BCUT2D eigenvalue weighted by molar-refractivity contribution is -0.133. The fourth-order valence-electron chi connectivity index (χ4n) is 4.11. The predicted molar refractivity (Wildman–Crippen MR) is 126 cm³/mol. The van der Waals surface area contributed by atoms with Crippen LogP contribution in [0.2, 0.25) is 0 Å². The maximum Gasteiger partial charge on any atom is 0.261 e. The number of nitrogens with zero attached hydrogens (tertiary/aromatic N) is 1. The standard InChI is InChI=1S/C23H27N3O4S2/c1-15-9-16(2)11-18(10-15)25-32(29,30)19-5-6-21-20(13-19)24-23(28)17(14-31-21)12-22(27)26-7-3-4-8-26/h5-6,9-11,13,17,25H,3-4,7-8,12,14H2,1-2H3,(H,24,28)/t17-/m1/s1. The minimum Gasteiger partial charge on any atom is -0.343 e. The minimum absolute atomic E-state index is 0.00937. The quantitative estimate of drug-likeness (QED) is 0.689. The summed E-state index contributed by atoms with van der Waals surface area (Å²) in [7, 11) is -3.82. The van der Waals surface area contributed by atoms with E-state index in [-0.39, 0.29) is 23.1 Å². The third kappa shape index (κ3) is 5.10. The van der Waals surface area contributed by atoms with Gasteiger partial charge in [-0.3, -0.25) is 14.3 Å². The van der Waals surface area contributed by atoms with Gasteiger partial charge in [0.1, 0.15) is 0 Å². The summed E-state index contributed by atoms with van der Waals surface area (Å²) in [6, 6.07) is 10.2. The first-order valence-electron chi connectivity index (χ1n) is 10.7. The number of carbonyl (C=O) groups is 2. The van der Waals surface area contributed by atoms with Crippen molar-refractivity contribution >= 4 is 45.0 Å². The molecule has 1 fully saturated rings. The molecule has 2 N–H and O–H groups in total. The Balaban J connectivity index is 1.50. The van der Waals surface area contributed by atoms with E-state index in [2.05, 4.69) is 10.0 Å². The van der Waals surface area contributed by atoms with E-state index in [0.29, 0.717) is 17.1 Å². The van der Waals surface area contributed by atoms with Gasteiger partial charge in [0.05, 0.1) is 16.5 Å². The fourth-order valence-corrected chi connectivity index (χ4v) is 6.25. The molecule has 2 aliphatic heterocycles. The lowest BCUT2D eigenvalue weighted by atomic mass is 10.1. The number of hydrogen-bond donors (Lipinski definition) is 2. The van der Waals surface area contributed by atoms with Crippen LogP contribution < -0.4 is 10.0 Å². The SMILES string of the molecule is Cc1cc(C)cc(NS(=O)(=O)c2ccc3c(c2)NC(=O)[C@H](CC(=O)N2CCCC2)CS3)c1. The molecule has 7 nitrogen and oxygen atoms in total. The van der Waals surface area contributed by atoms with E-state index >= 15 is 0 Å². The highest BCUT2D eigenvalue weighted by Crippen LogP contribution is 2.35. The molecule has 0 unspecified atom stereocenters. The lowest BCUT2D eigenvalue weighted by Gasteiger charge is -2.18. The average Bonchev–Trinajstić information content (AvgIpc) is 3.20. The second kappa shape index (κ2) is 9.15. The van der Waals surface area contributed by atoms with Gasteiger partial charge in [0, 0.05) is 35.8 Å². The van der Waals surface area contributed by atoms with Crippen molar-refractivity contribution in [2.45, 2.75) is 42.9 Å². The van der Waals surface area contributed by atoms with Crippen molar-refractivity contribution in [1.82, 2.24) is 4.90 Å². The number of thioether (sulfide) groups is 1. The Kier molecular flexibility index (Phi) is 6.48. The number of hydrogen-bond acceptors (Lipinski definition) is 5. The van der Waals surface area contributed by atoms with Crippen LogP contribution in [-0.4, -0.2) is 44.0 Å². The van der Waals surface area contributed by atoms with Gasteiger partial charge in [-0.2, -0.15) is 0 Å². The molecule has 0 aliphatic carbocycles. The third-order valence-corrected chi connectivity index (χ3v) is 8.30. The number of likely N-dealkylation sites (tertiary alicyclic amines) is 1. The lowest BCUT2D eigenvalue weighted by Crippen LogP contribution is -2.33. The topological polar surface area (TPSA) is 95.6 Å². The molecule has 4 rings (SSSR count). The second-order valence-electron chi connectivity index (χ2n) is 8.43. The van der Waals surface area contributed by atoms with E-state index in [9.17, 15) is 18.0 Å². The Morgan fingerprint density at radius 2 is 1.81 bits per heavy atom. The maximum atomic E-state index is 13.0. The molecule has 2 aromatic carbocycles. The van der Waals surface area contributed by atoms with E-state index < -0.39 is 15.9 Å². The van der Waals surface area contributed by atoms with Gasteiger partial charge >= 0.3 is 0 Å². The van der Waals surface area contributed by atoms with Crippen molar-refractivity contribution in [2.24, 2.45) is 5.92 Å². The number of sulfonamides is 1. The van der Waals surface area contributed by atoms with E-state index in [1.54, 1.807) is 24.3 Å². The van der Waals surface area contributed by atoms with Gasteiger partial charge in [-0.05, 0) is 68.1 Å². The van der Waals surface area contributed by atoms with Gasteiger partial charge in [0.15, 0.2) is 0 Å². The first kappa shape index (κ1) is 22.7. The van der Waals surface area contributed by atoms with E-state index in [4.69, 9.17) is 0 Å². The Bertz CT molecular complexity index is 1140. The molecule has 170 valence electrons. The summed E-state index contributed by atoms with van der Waals surface area (Å²) in [5.74, 6) is -0.213. The van der Waals surface area contributed by atoms with Crippen LogP contribution in [0.4, 0.5) is 11.4 Å². The zero-order valence-corrected chi connectivity index (χ0v) is 19.8. The second-order valence-corrected chi connectivity index (χ2v) is 11.2. The average molecular weight is 474 g/mol. The van der Waals surface area contributed by atoms with Crippen LogP contribution in [0, 0.1) is 19.8 Å². The highest BCUT2D eigenvalue weighted by atomic mass is 32.2. The minimum atomic E-state index is -3.82. The summed E-state index contributed by atoms with van der Waals surface area (Å²) < 4.78 is 28.5. The summed E-state index contributed by atoms with van der Waals surface area (Å²) >= 11 is 1.46. The summed E-state index contributed by atoms with van der Waals surface area (Å²) in [5, 5.41) is 2.84. The van der Waals surface area contributed by atoms with E-state index in [0.717, 1.165) is 42.0 Å². The van der Waals surface area contributed by atoms with E-state index in [1.165, 1.54) is 17.8 Å². The molecular weight excluding hydrogens is 446 g/mol. The van der Waals surface area contributed by atoms with Crippen LogP contribution in [0.1, 0.15) is 30.4 Å². The van der Waals surface area contributed by atoms with Gasteiger partial charge in [-0.25, -0.2) is 8.42 Å². The molecule has 1 atom stereocenters. The predicted octanol–water partition coefficient (Wildman–Crippen LogP) is 3.78. The summed E-state index contributed by atoms with van der Waals surface area (Å²) in [4.78, 5) is 28.0. The van der Waals surface area contributed by atoms with Crippen LogP contribution in [0.5, 0.6) is 0 Å². The van der Waals surface area contributed by atoms with Crippen LogP contribution in [0.25, 0.3) is 0 Å². The van der Waals surface area contributed by atoms with Crippen molar-refractivity contribution in [2.75, 3.05) is 28.9 Å². The molecule has 2 amide bonds. The number of benzene rings is 2. The molecule has 0 radical (unpaired) electrons. The number of nitrogens with one attached hydrogen (secondary N) is 2. The van der Waals surface area contributed by atoms with Gasteiger partial charge in [-0.15, -0.1) is 11.8 Å². The van der Waals surface area contributed by atoms with E-state index in [1.807, 2.05) is 24.8 Å². The summed E-state index contributed by atoms with van der Waals surface area (Å²) in [5.41, 5.74) is 2.88.